The molecule has 2 N–H and O–H groups in total. The van der Waals surface area contributed by atoms with E-state index in [0.29, 0.717) is 12.2 Å². The molecule has 1 rings (SSSR count). The van der Waals surface area contributed by atoms with E-state index in [2.05, 4.69) is 15.4 Å². The van der Waals surface area contributed by atoms with Crippen molar-refractivity contribution >= 4 is 27.4 Å². The van der Waals surface area contributed by atoms with Crippen LogP contribution in [0.25, 0.3) is 0 Å². The van der Waals surface area contributed by atoms with Crippen molar-refractivity contribution in [3.8, 4) is 0 Å². The van der Waals surface area contributed by atoms with Gasteiger partial charge in [0.2, 0.25) is 0 Å². The molecule has 128 valence electrons. The minimum Gasteiger partial charge on any atom is -0.465 e. The number of amides is 1. The van der Waals surface area contributed by atoms with Crippen LogP contribution in [0.2, 0.25) is 0 Å². The molecular formula is C15H22N2O5S. The van der Waals surface area contributed by atoms with E-state index in [1.807, 2.05) is 6.92 Å². The molecule has 0 bridgehead atoms. The van der Waals surface area contributed by atoms with E-state index in [1.54, 1.807) is 0 Å². The van der Waals surface area contributed by atoms with E-state index in [1.165, 1.54) is 25.3 Å². The lowest BCUT2D eigenvalue weighted by atomic mass is 10.1. The van der Waals surface area contributed by atoms with Crippen LogP contribution in [0.3, 0.4) is 0 Å². The van der Waals surface area contributed by atoms with Crippen LogP contribution in [0, 0.1) is 0 Å². The molecule has 23 heavy (non-hydrogen) atoms. The molecule has 0 aliphatic rings. The lowest BCUT2D eigenvalue weighted by molar-refractivity contribution is 0.0600. The summed E-state index contributed by atoms with van der Waals surface area (Å²) in [5, 5.41) is 5.44. The van der Waals surface area contributed by atoms with Crippen LogP contribution in [0.1, 0.15) is 40.5 Å². The number of unbranched alkanes of at least 4 members (excludes halogenated alkanes) is 1. The number of sulfone groups is 1. The Hall–Kier alpha value is -2.09. The highest BCUT2D eigenvalue weighted by Crippen LogP contribution is 2.16. The molecule has 8 heteroatoms. The standard InChI is InChI=1S/C15H22N2O5S/c1-4-5-6-16-14(18)11-7-12(15(19)22-2)9-13(8-11)17-10-23(3,20)21/h7-9,17H,4-6,10H2,1-3H3,(H,16,18). The summed E-state index contributed by atoms with van der Waals surface area (Å²) in [7, 11) is -2.00. The van der Waals surface area contributed by atoms with Gasteiger partial charge >= 0.3 is 5.97 Å². The maximum Gasteiger partial charge on any atom is 0.337 e. The van der Waals surface area contributed by atoms with Gasteiger partial charge in [-0.2, -0.15) is 0 Å². The number of rotatable bonds is 8. The van der Waals surface area contributed by atoms with E-state index >= 15 is 0 Å². The molecule has 1 aromatic rings. The van der Waals surface area contributed by atoms with Crippen LogP contribution in [0.15, 0.2) is 18.2 Å². The monoisotopic (exact) mass is 342 g/mol. The highest BCUT2D eigenvalue weighted by Gasteiger charge is 2.14. The third kappa shape index (κ3) is 6.68. The zero-order valence-electron chi connectivity index (χ0n) is 13.5. The number of hydrogen-bond acceptors (Lipinski definition) is 6. The number of carbonyl (C=O) groups is 2. The van der Waals surface area contributed by atoms with Crippen molar-refractivity contribution in [3.63, 3.8) is 0 Å². The number of esters is 1. The number of nitrogens with one attached hydrogen (secondary N) is 2. The van der Waals surface area contributed by atoms with E-state index in [-0.39, 0.29) is 22.9 Å². The van der Waals surface area contributed by atoms with Crippen LogP contribution in [-0.4, -0.2) is 46.1 Å². The number of carbonyl (C=O) groups excluding carboxylic acids is 2. The first-order chi connectivity index (χ1) is 10.8. The predicted molar refractivity (Wildman–Crippen MR) is 88.4 cm³/mol. The molecule has 1 aromatic carbocycles. The fourth-order valence-electron chi connectivity index (χ4n) is 1.79. The fourth-order valence-corrected chi connectivity index (χ4v) is 2.22. The van der Waals surface area contributed by atoms with Gasteiger partial charge in [-0.15, -0.1) is 0 Å². The second-order valence-electron chi connectivity index (χ2n) is 5.15. The number of ether oxygens (including phenoxy) is 1. The third-order valence-electron chi connectivity index (χ3n) is 2.97. The Morgan fingerprint density at radius 3 is 2.39 bits per heavy atom. The Morgan fingerprint density at radius 1 is 1.17 bits per heavy atom. The van der Waals surface area contributed by atoms with Crippen molar-refractivity contribution in [3.05, 3.63) is 29.3 Å². The maximum atomic E-state index is 12.1. The van der Waals surface area contributed by atoms with Gasteiger partial charge < -0.3 is 15.4 Å². The van der Waals surface area contributed by atoms with E-state index in [9.17, 15) is 18.0 Å². The summed E-state index contributed by atoms with van der Waals surface area (Å²) in [6.45, 7) is 2.54. The molecule has 0 radical (unpaired) electrons. The van der Waals surface area contributed by atoms with Gasteiger partial charge in [0.1, 0.15) is 5.88 Å². The van der Waals surface area contributed by atoms with Gasteiger partial charge in [-0.05, 0) is 24.6 Å². The molecule has 7 nitrogen and oxygen atoms in total. The second-order valence-corrected chi connectivity index (χ2v) is 7.29. The summed E-state index contributed by atoms with van der Waals surface area (Å²) < 4.78 is 27.1. The summed E-state index contributed by atoms with van der Waals surface area (Å²) in [5.41, 5.74) is 0.797. The van der Waals surface area contributed by atoms with Gasteiger partial charge in [0.15, 0.2) is 9.84 Å². The maximum absolute atomic E-state index is 12.1. The molecule has 0 unspecified atom stereocenters. The van der Waals surface area contributed by atoms with Gasteiger partial charge in [-0.25, -0.2) is 13.2 Å². The average molecular weight is 342 g/mol. The van der Waals surface area contributed by atoms with Crippen molar-refractivity contribution in [2.24, 2.45) is 0 Å². The highest BCUT2D eigenvalue weighted by molar-refractivity contribution is 7.90. The normalized spacial score (nSPS) is 10.9. The van der Waals surface area contributed by atoms with Gasteiger partial charge in [-0.1, -0.05) is 13.3 Å². The topological polar surface area (TPSA) is 102 Å². The minimum atomic E-state index is -3.24. The number of hydrogen-bond donors (Lipinski definition) is 2. The van der Waals surface area contributed by atoms with Crippen LogP contribution >= 0.6 is 0 Å². The first-order valence-electron chi connectivity index (χ1n) is 7.20. The zero-order chi connectivity index (χ0) is 17.5. The van der Waals surface area contributed by atoms with Crippen molar-refractivity contribution in [1.29, 1.82) is 0 Å². The molecule has 0 atom stereocenters. The molecule has 0 heterocycles. The molecule has 0 saturated heterocycles. The first-order valence-corrected chi connectivity index (χ1v) is 9.26. The Kier molecular flexibility index (Phi) is 7.02. The summed E-state index contributed by atoms with van der Waals surface area (Å²) >= 11 is 0. The quantitative estimate of drug-likeness (QED) is 0.547. The molecule has 0 aliphatic heterocycles. The summed E-state index contributed by atoms with van der Waals surface area (Å²) in [6.07, 6.45) is 2.88. The van der Waals surface area contributed by atoms with E-state index in [4.69, 9.17) is 0 Å². The Morgan fingerprint density at radius 2 is 1.83 bits per heavy atom. The van der Waals surface area contributed by atoms with Crippen molar-refractivity contribution in [2.45, 2.75) is 19.8 Å². The smallest absolute Gasteiger partial charge is 0.337 e. The van der Waals surface area contributed by atoms with E-state index < -0.39 is 15.8 Å². The van der Waals surface area contributed by atoms with Gasteiger partial charge in [-0.3, -0.25) is 4.79 Å². The predicted octanol–water partition coefficient (Wildman–Crippen LogP) is 1.42. The van der Waals surface area contributed by atoms with Crippen LogP contribution < -0.4 is 10.6 Å². The molecule has 0 fully saturated rings. The Balaban J connectivity index is 3.03. The largest absolute Gasteiger partial charge is 0.465 e. The molecule has 0 aliphatic carbocycles. The third-order valence-corrected chi connectivity index (χ3v) is 3.64. The number of anilines is 1. The summed E-state index contributed by atoms with van der Waals surface area (Å²) in [4.78, 5) is 23.8. The molecule has 0 aromatic heterocycles. The average Bonchev–Trinajstić information content (AvgIpc) is 2.51. The molecule has 0 saturated carbocycles. The van der Waals surface area contributed by atoms with Gasteiger partial charge in [0.05, 0.1) is 12.7 Å². The van der Waals surface area contributed by atoms with Gasteiger partial charge in [0, 0.05) is 24.1 Å². The van der Waals surface area contributed by atoms with Crippen molar-refractivity contribution in [2.75, 3.05) is 31.1 Å². The first kappa shape index (κ1) is 19.0. The van der Waals surface area contributed by atoms with Gasteiger partial charge in [0.25, 0.3) is 5.91 Å². The van der Waals surface area contributed by atoms with Crippen LogP contribution in [-0.2, 0) is 14.6 Å². The van der Waals surface area contributed by atoms with Crippen LogP contribution in [0.4, 0.5) is 5.69 Å². The lowest BCUT2D eigenvalue weighted by Crippen LogP contribution is -2.25. The minimum absolute atomic E-state index is 0.173. The van der Waals surface area contributed by atoms with E-state index in [0.717, 1.165) is 19.1 Å². The summed E-state index contributed by atoms with van der Waals surface area (Å²) in [6, 6.07) is 4.36. The summed E-state index contributed by atoms with van der Waals surface area (Å²) in [5.74, 6) is -1.23. The second kappa shape index (κ2) is 8.52. The number of methoxy groups -OCH3 is 1. The van der Waals surface area contributed by atoms with Crippen molar-refractivity contribution < 1.29 is 22.7 Å². The molecule has 0 spiro atoms. The zero-order valence-corrected chi connectivity index (χ0v) is 14.3. The van der Waals surface area contributed by atoms with Crippen molar-refractivity contribution in [1.82, 2.24) is 5.32 Å². The van der Waals surface area contributed by atoms with Crippen LogP contribution in [0.5, 0.6) is 0 Å². The SMILES string of the molecule is CCCCNC(=O)c1cc(NCS(C)(=O)=O)cc(C(=O)OC)c1. The molecular weight excluding hydrogens is 320 g/mol. The fraction of sp³-hybridized carbons (Fsp3) is 0.467. The lowest BCUT2D eigenvalue weighted by Gasteiger charge is -2.11. The Labute approximate surface area is 136 Å². The highest BCUT2D eigenvalue weighted by atomic mass is 32.2. The number of benzene rings is 1. The Bertz CT molecular complexity index is 670. The molecule has 1 amide bonds.